The number of carbonyl (C=O) groups excluding carboxylic acids is 2. The average Bonchev–Trinajstić information content (AvgIpc) is 3.16. The third-order valence-corrected chi connectivity index (χ3v) is 5.50. The van der Waals surface area contributed by atoms with Crippen molar-refractivity contribution in [1.82, 2.24) is 19.9 Å². The molecule has 34 heavy (non-hydrogen) atoms. The number of rotatable bonds is 5. The molecule has 0 aliphatic heterocycles. The van der Waals surface area contributed by atoms with Crippen LogP contribution in [-0.4, -0.2) is 44.7 Å². The SMILES string of the molecule is CC(=O)N(C(C)=O)c1nc(Cl)nc(Nc2ccc(S(=O)(=O)O)cc2-c2nc3ccccc3o2)n1. The number of hydrogen-bond donors (Lipinski definition) is 2. The van der Waals surface area contributed by atoms with Crippen molar-refractivity contribution in [2.45, 2.75) is 18.7 Å². The second-order valence-corrected chi connectivity index (χ2v) is 8.66. The van der Waals surface area contributed by atoms with Gasteiger partial charge in [0.25, 0.3) is 10.1 Å². The molecule has 0 atom stereocenters. The summed E-state index contributed by atoms with van der Waals surface area (Å²) in [5.74, 6) is -1.68. The second kappa shape index (κ2) is 8.78. The number of imide groups is 1. The zero-order valence-electron chi connectivity index (χ0n) is 17.6. The van der Waals surface area contributed by atoms with Gasteiger partial charge >= 0.3 is 0 Å². The van der Waals surface area contributed by atoms with E-state index in [2.05, 4.69) is 25.3 Å². The lowest BCUT2D eigenvalue weighted by molar-refractivity contribution is -0.124. The lowest BCUT2D eigenvalue weighted by Crippen LogP contribution is -2.34. The number of aromatic nitrogens is 4. The molecule has 0 saturated heterocycles. The average molecular weight is 503 g/mol. The zero-order chi connectivity index (χ0) is 24.6. The van der Waals surface area contributed by atoms with Crippen LogP contribution < -0.4 is 10.2 Å². The summed E-state index contributed by atoms with van der Waals surface area (Å²) >= 11 is 5.97. The van der Waals surface area contributed by atoms with Gasteiger partial charge in [0.2, 0.25) is 34.9 Å². The number of carbonyl (C=O) groups is 2. The molecule has 0 radical (unpaired) electrons. The van der Waals surface area contributed by atoms with Crippen LogP contribution in [0.25, 0.3) is 22.6 Å². The molecule has 2 amide bonds. The molecule has 2 heterocycles. The number of nitrogens with zero attached hydrogens (tertiary/aromatic N) is 5. The van der Waals surface area contributed by atoms with Gasteiger partial charge in [0.1, 0.15) is 5.52 Å². The molecule has 12 nitrogen and oxygen atoms in total. The number of benzene rings is 2. The predicted molar refractivity (Wildman–Crippen MR) is 121 cm³/mol. The molecule has 0 aliphatic rings. The molecule has 0 spiro atoms. The van der Waals surface area contributed by atoms with Gasteiger partial charge in [0, 0.05) is 13.8 Å². The lowest BCUT2D eigenvalue weighted by Gasteiger charge is -2.16. The molecule has 0 fully saturated rings. The van der Waals surface area contributed by atoms with Crippen molar-refractivity contribution in [3.8, 4) is 11.5 Å². The van der Waals surface area contributed by atoms with Crippen LogP contribution in [0.3, 0.4) is 0 Å². The van der Waals surface area contributed by atoms with E-state index in [9.17, 15) is 22.6 Å². The van der Waals surface area contributed by atoms with Crippen molar-refractivity contribution in [1.29, 1.82) is 0 Å². The fraction of sp³-hybridized carbons (Fsp3) is 0.100. The molecule has 2 N–H and O–H groups in total. The summed E-state index contributed by atoms with van der Waals surface area (Å²) in [5.41, 5.74) is 1.35. The van der Waals surface area contributed by atoms with E-state index in [0.717, 1.165) is 26.0 Å². The molecular formula is C20H15ClN6O6S. The summed E-state index contributed by atoms with van der Waals surface area (Å²) < 4.78 is 38.7. The number of hydrogen-bond acceptors (Lipinski definition) is 10. The summed E-state index contributed by atoms with van der Waals surface area (Å²) in [6, 6.07) is 10.5. The first kappa shape index (κ1) is 23.2. The Balaban J connectivity index is 1.84. The van der Waals surface area contributed by atoms with Crippen LogP contribution in [0.4, 0.5) is 17.6 Å². The van der Waals surface area contributed by atoms with Crippen LogP contribution in [0.1, 0.15) is 13.8 Å². The smallest absolute Gasteiger partial charge is 0.294 e. The van der Waals surface area contributed by atoms with Crippen molar-refractivity contribution in [3.05, 3.63) is 47.7 Å². The zero-order valence-corrected chi connectivity index (χ0v) is 19.1. The van der Waals surface area contributed by atoms with E-state index < -0.39 is 26.8 Å². The number of amides is 2. The molecule has 14 heteroatoms. The van der Waals surface area contributed by atoms with Gasteiger partial charge in [0.05, 0.1) is 16.1 Å². The number of fused-ring (bicyclic) bond motifs is 1. The van der Waals surface area contributed by atoms with E-state index in [1.165, 1.54) is 6.07 Å². The summed E-state index contributed by atoms with van der Waals surface area (Å²) in [6.45, 7) is 2.32. The highest BCUT2D eigenvalue weighted by Gasteiger charge is 2.23. The minimum Gasteiger partial charge on any atom is -0.436 e. The van der Waals surface area contributed by atoms with E-state index in [1.54, 1.807) is 24.3 Å². The van der Waals surface area contributed by atoms with Crippen LogP contribution >= 0.6 is 11.6 Å². The standard InChI is InChI=1S/C20H15ClN6O6S/c1-10(28)27(11(2)29)20-25-18(21)24-19(26-20)23-14-8-7-12(34(30,31)32)9-13(14)17-22-15-5-3-4-6-16(15)33-17/h3-9H,1-2H3,(H,30,31,32)(H,23,24,25,26). The van der Waals surface area contributed by atoms with Crippen molar-refractivity contribution in [2.75, 3.05) is 10.2 Å². The highest BCUT2D eigenvalue weighted by atomic mass is 35.5. The van der Waals surface area contributed by atoms with Crippen LogP contribution in [-0.2, 0) is 19.7 Å². The second-order valence-electron chi connectivity index (χ2n) is 6.90. The molecule has 4 rings (SSSR count). The van der Waals surface area contributed by atoms with E-state index in [1.807, 2.05) is 0 Å². The van der Waals surface area contributed by atoms with Crippen LogP contribution in [0.5, 0.6) is 0 Å². The summed E-state index contributed by atoms with van der Waals surface area (Å²) in [6.07, 6.45) is 0. The lowest BCUT2D eigenvalue weighted by atomic mass is 10.1. The van der Waals surface area contributed by atoms with Gasteiger partial charge in [-0.3, -0.25) is 14.1 Å². The highest BCUT2D eigenvalue weighted by molar-refractivity contribution is 7.85. The maximum atomic E-state index is 11.9. The molecular weight excluding hydrogens is 488 g/mol. The van der Waals surface area contributed by atoms with E-state index >= 15 is 0 Å². The quantitative estimate of drug-likeness (QED) is 0.384. The van der Waals surface area contributed by atoms with Gasteiger partial charge < -0.3 is 9.73 Å². The van der Waals surface area contributed by atoms with Crippen LogP contribution in [0.2, 0.25) is 5.28 Å². The molecule has 2 aromatic carbocycles. The Morgan fingerprint density at radius 1 is 1.03 bits per heavy atom. The van der Waals surface area contributed by atoms with Crippen molar-refractivity contribution in [3.63, 3.8) is 0 Å². The molecule has 0 unspecified atom stereocenters. The summed E-state index contributed by atoms with van der Waals surface area (Å²) in [4.78, 5) is 40.2. The molecule has 174 valence electrons. The fourth-order valence-electron chi connectivity index (χ4n) is 3.08. The van der Waals surface area contributed by atoms with Gasteiger partial charge in [-0.15, -0.1) is 0 Å². The van der Waals surface area contributed by atoms with Gasteiger partial charge in [-0.25, -0.2) is 9.88 Å². The number of anilines is 3. The Kier molecular flexibility index (Phi) is 6.00. The van der Waals surface area contributed by atoms with Crippen LogP contribution in [0, 0.1) is 0 Å². The Morgan fingerprint density at radius 3 is 2.38 bits per heavy atom. The largest absolute Gasteiger partial charge is 0.436 e. The Hall–Kier alpha value is -3.94. The molecule has 2 aromatic heterocycles. The van der Waals surface area contributed by atoms with Gasteiger partial charge in [0.15, 0.2) is 5.58 Å². The Morgan fingerprint density at radius 2 is 1.74 bits per heavy atom. The first-order valence-corrected chi connectivity index (χ1v) is 11.3. The van der Waals surface area contributed by atoms with Crippen molar-refractivity contribution in [2.24, 2.45) is 0 Å². The molecule has 0 saturated carbocycles. The molecule has 4 aromatic rings. The maximum absolute atomic E-state index is 11.9. The fourth-order valence-corrected chi connectivity index (χ4v) is 3.74. The van der Waals surface area contributed by atoms with E-state index in [0.29, 0.717) is 16.0 Å². The molecule has 0 bridgehead atoms. The third kappa shape index (κ3) is 4.71. The van der Waals surface area contributed by atoms with Crippen LogP contribution in [0.15, 0.2) is 51.8 Å². The van der Waals surface area contributed by atoms with E-state index in [-0.39, 0.29) is 34.3 Å². The Bertz CT molecular complexity index is 1510. The van der Waals surface area contributed by atoms with Crippen molar-refractivity contribution < 1.29 is 27.0 Å². The van der Waals surface area contributed by atoms with Gasteiger partial charge in [-0.1, -0.05) is 12.1 Å². The van der Waals surface area contributed by atoms with Gasteiger partial charge in [-0.05, 0) is 41.9 Å². The Labute approximate surface area is 197 Å². The first-order valence-electron chi connectivity index (χ1n) is 9.50. The van der Waals surface area contributed by atoms with Crippen molar-refractivity contribution >= 4 is 62.2 Å². The summed E-state index contributed by atoms with van der Waals surface area (Å²) in [7, 11) is -4.54. The number of halogens is 1. The minimum absolute atomic E-state index is 0.0451. The predicted octanol–water partition coefficient (Wildman–Crippen LogP) is 3.22. The normalized spacial score (nSPS) is 11.4. The third-order valence-electron chi connectivity index (χ3n) is 4.49. The summed E-state index contributed by atoms with van der Waals surface area (Å²) in [5, 5.41) is 2.53. The minimum atomic E-state index is -4.54. The number of oxazole rings is 1. The number of nitrogens with one attached hydrogen (secondary N) is 1. The first-order chi connectivity index (χ1) is 16.0. The topological polar surface area (TPSA) is 168 Å². The van der Waals surface area contributed by atoms with Gasteiger partial charge in [-0.2, -0.15) is 23.4 Å². The van der Waals surface area contributed by atoms with E-state index in [4.69, 9.17) is 16.0 Å². The number of para-hydroxylation sites is 2. The monoisotopic (exact) mass is 502 g/mol. The highest BCUT2D eigenvalue weighted by Crippen LogP contribution is 2.34. The molecule has 0 aliphatic carbocycles. The maximum Gasteiger partial charge on any atom is 0.294 e.